The van der Waals surface area contributed by atoms with Crippen LogP contribution in [0, 0.1) is 0 Å². The van der Waals surface area contributed by atoms with Crippen molar-refractivity contribution in [3.8, 4) is 0 Å². The van der Waals surface area contributed by atoms with Crippen molar-refractivity contribution in [2.24, 2.45) is 0 Å². The Bertz CT molecular complexity index is 1400. The minimum absolute atomic E-state index is 0. The standard InChI is InChI=1S/C30H32BN5O5S.Na.H/c37-29(34-14-15-42-28(31(40)41)17-22-6-5-7-23(16-22)30(38)39)24-10-11-27(35-18-24)21-36(19-25-8-1-3-12-32-25)20-26-9-2-4-13-33-26;;/h1-13,16,18,28,40-41H,14-15,17,19-21H2,(H,34,37)(H,38,39);;. The van der Waals surface area contributed by atoms with Crippen LogP contribution in [0.3, 0.4) is 0 Å². The van der Waals surface area contributed by atoms with Gasteiger partial charge in [0.2, 0.25) is 0 Å². The Morgan fingerprint density at radius 1 is 0.837 bits per heavy atom. The molecular weight excluding hydrogens is 576 g/mol. The van der Waals surface area contributed by atoms with Crippen LogP contribution in [0.1, 0.15) is 43.4 Å². The molecule has 218 valence electrons. The van der Waals surface area contributed by atoms with Crippen LogP contribution in [-0.4, -0.2) is 101 Å². The Morgan fingerprint density at radius 2 is 1.49 bits per heavy atom. The molecule has 4 N–H and O–H groups in total. The molecule has 0 radical (unpaired) electrons. The Hall–Kier alpha value is -3.10. The fourth-order valence-electron chi connectivity index (χ4n) is 4.28. The second kappa shape index (κ2) is 17.9. The summed E-state index contributed by atoms with van der Waals surface area (Å²) in [5.74, 6) is -0.875. The van der Waals surface area contributed by atoms with Gasteiger partial charge in [0.15, 0.2) is 0 Å². The van der Waals surface area contributed by atoms with Crippen molar-refractivity contribution in [2.45, 2.75) is 31.2 Å². The molecular formula is C30H33BN5NaO5S. The Morgan fingerprint density at radius 3 is 2.02 bits per heavy atom. The van der Waals surface area contributed by atoms with Crippen LogP contribution < -0.4 is 5.32 Å². The van der Waals surface area contributed by atoms with Crippen LogP contribution in [0.15, 0.2) is 91.4 Å². The molecule has 4 rings (SSSR count). The summed E-state index contributed by atoms with van der Waals surface area (Å²) in [6, 6.07) is 21.6. The number of rotatable bonds is 15. The van der Waals surface area contributed by atoms with Crippen molar-refractivity contribution in [1.82, 2.24) is 25.2 Å². The molecule has 3 aromatic heterocycles. The van der Waals surface area contributed by atoms with Crippen LogP contribution in [0.25, 0.3) is 0 Å². The van der Waals surface area contributed by atoms with Gasteiger partial charge in [-0.3, -0.25) is 24.6 Å². The molecule has 0 aliphatic heterocycles. The number of pyridine rings is 3. The van der Waals surface area contributed by atoms with Gasteiger partial charge in [-0.05, 0) is 60.5 Å². The van der Waals surface area contributed by atoms with Crippen LogP contribution >= 0.6 is 11.8 Å². The number of nitrogens with zero attached hydrogens (tertiary/aromatic N) is 4. The minimum atomic E-state index is -1.59. The molecule has 43 heavy (non-hydrogen) atoms. The van der Waals surface area contributed by atoms with Crippen LogP contribution in [0.5, 0.6) is 0 Å². The number of hydrogen-bond donors (Lipinski definition) is 4. The summed E-state index contributed by atoms with van der Waals surface area (Å²) in [6.07, 6.45) is 5.36. The van der Waals surface area contributed by atoms with E-state index < -0.39 is 18.2 Å². The first-order valence-corrected chi connectivity index (χ1v) is 14.5. The van der Waals surface area contributed by atoms with Gasteiger partial charge >= 0.3 is 42.6 Å². The van der Waals surface area contributed by atoms with Gasteiger partial charge in [0.1, 0.15) is 0 Å². The third-order valence-corrected chi connectivity index (χ3v) is 7.64. The number of aromatic nitrogens is 3. The summed E-state index contributed by atoms with van der Waals surface area (Å²) >= 11 is 1.29. The van der Waals surface area contributed by atoms with E-state index in [2.05, 4.69) is 25.2 Å². The van der Waals surface area contributed by atoms with Crippen LogP contribution in [0.4, 0.5) is 0 Å². The Labute approximate surface area is 277 Å². The maximum atomic E-state index is 12.7. The fourth-order valence-corrected chi connectivity index (χ4v) is 5.29. The summed E-state index contributed by atoms with van der Waals surface area (Å²) in [7, 11) is -1.59. The molecule has 0 aliphatic rings. The topological polar surface area (TPSA) is 149 Å². The molecule has 13 heteroatoms. The van der Waals surface area contributed by atoms with E-state index in [0.29, 0.717) is 43.1 Å². The third kappa shape index (κ3) is 11.5. The number of carboxylic acids is 1. The van der Waals surface area contributed by atoms with Crippen LogP contribution in [0.2, 0.25) is 0 Å². The van der Waals surface area contributed by atoms with Gasteiger partial charge in [0.25, 0.3) is 5.91 Å². The number of thioether (sulfide) groups is 1. The quantitative estimate of drug-likeness (QED) is 0.117. The molecule has 3 heterocycles. The molecule has 0 fully saturated rings. The van der Waals surface area contributed by atoms with Gasteiger partial charge in [-0.2, -0.15) is 11.8 Å². The fraction of sp³-hybridized carbons (Fsp3) is 0.233. The predicted octanol–water partition coefficient (Wildman–Crippen LogP) is 2.21. The first-order chi connectivity index (χ1) is 20.4. The predicted molar refractivity (Wildman–Crippen MR) is 169 cm³/mol. The van der Waals surface area contributed by atoms with E-state index in [4.69, 9.17) is 0 Å². The van der Waals surface area contributed by atoms with Crippen molar-refractivity contribution in [3.63, 3.8) is 0 Å². The van der Waals surface area contributed by atoms with Gasteiger partial charge in [-0.1, -0.05) is 24.3 Å². The maximum absolute atomic E-state index is 12.7. The van der Waals surface area contributed by atoms with E-state index in [1.165, 1.54) is 23.9 Å². The number of benzene rings is 1. The second-order valence-corrected chi connectivity index (χ2v) is 11.0. The van der Waals surface area contributed by atoms with Crippen molar-refractivity contribution in [2.75, 3.05) is 12.3 Å². The second-order valence-electron chi connectivity index (χ2n) is 9.61. The number of amides is 1. The number of nitrogens with one attached hydrogen (secondary N) is 1. The summed E-state index contributed by atoms with van der Waals surface area (Å²) in [4.78, 5) is 39.5. The third-order valence-electron chi connectivity index (χ3n) is 6.36. The molecule has 1 amide bonds. The van der Waals surface area contributed by atoms with Gasteiger partial charge < -0.3 is 20.5 Å². The SMILES string of the molecule is O=C(O)c1cccc(CC(SCCNC(=O)c2ccc(CN(Cc3ccccn3)Cc3ccccn3)nc2)B(O)O)c1.[NaH]. The average molecular weight is 609 g/mol. The molecule has 0 spiro atoms. The molecule has 0 aliphatic carbocycles. The van der Waals surface area contributed by atoms with E-state index in [1.54, 1.807) is 36.8 Å². The monoisotopic (exact) mass is 609 g/mol. The molecule has 0 bridgehead atoms. The van der Waals surface area contributed by atoms with Crippen molar-refractivity contribution >= 4 is 60.3 Å². The van der Waals surface area contributed by atoms with Crippen molar-refractivity contribution in [3.05, 3.63) is 125 Å². The first kappa shape index (κ1) is 34.4. The van der Waals surface area contributed by atoms with E-state index in [-0.39, 0.29) is 47.4 Å². The van der Waals surface area contributed by atoms with E-state index >= 15 is 0 Å². The first-order valence-electron chi connectivity index (χ1n) is 13.4. The van der Waals surface area contributed by atoms with Gasteiger partial charge in [-0.15, -0.1) is 0 Å². The Kier molecular flexibility index (Phi) is 14.3. The number of hydrogen-bond acceptors (Lipinski definition) is 9. The molecule has 0 saturated heterocycles. The average Bonchev–Trinajstić information content (AvgIpc) is 3.00. The number of carbonyl (C=O) groups is 2. The van der Waals surface area contributed by atoms with E-state index in [1.807, 2.05) is 42.5 Å². The number of aromatic carboxylic acids is 1. The zero-order valence-corrected chi connectivity index (χ0v) is 23.7. The van der Waals surface area contributed by atoms with Gasteiger partial charge in [0, 0.05) is 55.7 Å². The Balaban J connectivity index is 0.00000506. The molecule has 1 atom stereocenters. The zero-order valence-electron chi connectivity index (χ0n) is 22.9. The van der Waals surface area contributed by atoms with E-state index in [9.17, 15) is 24.7 Å². The molecule has 10 nitrogen and oxygen atoms in total. The normalized spacial score (nSPS) is 11.4. The molecule has 4 aromatic rings. The summed E-state index contributed by atoms with van der Waals surface area (Å²) in [5.41, 5.74) is 3.94. The van der Waals surface area contributed by atoms with E-state index in [0.717, 1.165) is 17.1 Å². The molecule has 1 unspecified atom stereocenters. The van der Waals surface area contributed by atoms with Crippen molar-refractivity contribution in [1.29, 1.82) is 0 Å². The molecule has 1 aromatic carbocycles. The van der Waals surface area contributed by atoms with Gasteiger partial charge in [-0.25, -0.2) is 4.79 Å². The number of carboxylic acid groups (broad SMARTS) is 1. The van der Waals surface area contributed by atoms with Gasteiger partial charge in [0.05, 0.1) is 28.2 Å². The summed E-state index contributed by atoms with van der Waals surface area (Å²) in [5, 5.41) is 31.1. The molecule has 0 saturated carbocycles. The zero-order chi connectivity index (χ0) is 29.7. The number of carbonyl (C=O) groups excluding carboxylic acids is 1. The van der Waals surface area contributed by atoms with Crippen LogP contribution in [-0.2, 0) is 26.1 Å². The van der Waals surface area contributed by atoms with Crippen molar-refractivity contribution < 1.29 is 24.7 Å². The summed E-state index contributed by atoms with van der Waals surface area (Å²) in [6.45, 7) is 2.10. The summed E-state index contributed by atoms with van der Waals surface area (Å²) < 4.78 is 0.